The summed E-state index contributed by atoms with van der Waals surface area (Å²) in [6, 6.07) is 1.37. The van der Waals surface area contributed by atoms with Crippen LogP contribution in [0.15, 0.2) is 0 Å². The lowest BCUT2D eigenvalue weighted by Gasteiger charge is -2.33. The van der Waals surface area contributed by atoms with E-state index < -0.39 is 0 Å². The molecule has 0 aliphatic carbocycles. The number of thioether (sulfide) groups is 1. The van der Waals surface area contributed by atoms with Crippen LogP contribution in [0, 0.1) is 0 Å². The minimum Gasteiger partial charge on any atom is -0.468 e. The molecule has 17 heavy (non-hydrogen) atoms. The van der Waals surface area contributed by atoms with E-state index in [9.17, 15) is 4.79 Å². The first-order valence-electron chi connectivity index (χ1n) is 6.41. The van der Waals surface area contributed by atoms with E-state index in [2.05, 4.69) is 15.0 Å². The van der Waals surface area contributed by atoms with E-state index >= 15 is 0 Å². The monoisotopic (exact) mass is 258 g/mol. The van der Waals surface area contributed by atoms with E-state index in [1.807, 2.05) is 11.8 Å². The number of hydrogen-bond acceptors (Lipinski definition) is 5. The molecule has 0 radical (unpaired) electrons. The maximum Gasteiger partial charge on any atom is 0.319 e. The number of esters is 1. The van der Waals surface area contributed by atoms with Gasteiger partial charge in [-0.1, -0.05) is 0 Å². The van der Waals surface area contributed by atoms with Crippen LogP contribution in [-0.4, -0.2) is 61.2 Å². The summed E-state index contributed by atoms with van der Waals surface area (Å²) in [4.78, 5) is 13.3. The SMILES string of the molecule is COC(=O)CN1CCC(N[C@H]2CCSC2)CC1. The van der Waals surface area contributed by atoms with Crippen LogP contribution in [0.4, 0.5) is 0 Å². The molecule has 0 saturated carbocycles. The molecule has 5 heteroatoms. The van der Waals surface area contributed by atoms with Gasteiger partial charge in [0.15, 0.2) is 0 Å². The highest BCUT2D eigenvalue weighted by Gasteiger charge is 2.24. The van der Waals surface area contributed by atoms with Gasteiger partial charge in [0, 0.05) is 30.9 Å². The Bertz CT molecular complexity index is 249. The van der Waals surface area contributed by atoms with Gasteiger partial charge < -0.3 is 10.1 Å². The topological polar surface area (TPSA) is 41.6 Å². The van der Waals surface area contributed by atoms with Crippen LogP contribution >= 0.6 is 11.8 Å². The van der Waals surface area contributed by atoms with Gasteiger partial charge in [-0.05, 0) is 25.0 Å². The quantitative estimate of drug-likeness (QED) is 0.753. The summed E-state index contributed by atoms with van der Waals surface area (Å²) in [6.07, 6.45) is 3.61. The molecule has 0 aromatic carbocycles. The smallest absolute Gasteiger partial charge is 0.319 e. The van der Waals surface area contributed by atoms with Crippen molar-refractivity contribution in [3.63, 3.8) is 0 Å². The number of nitrogens with one attached hydrogen (secondary N) is 1. The number of carbonyl (C=O) groups is 1. The van der Waals surface area contributed by atoms with E-state index in [1.54, 1.807) is 0 Å². The molecular formula is C12H22N2O2S. The molecule has 2 fully saturated rings. The van der Waals surface area contributed by atoms with Crippen LogP contribution in [0.25, 0.3) is 0 Å². The van der Waals surface area contributed by atoms with Gasteiger partial charge in [0.25, 0.3) is 0 Å². The molecule has 1 N–H and O–H groups in total. The molecule has 98 valence electrons. The molecule has 2 heterocycles. The van der Waals surface area contributed by atoms with E-state index in [0.29, 0.717) is 12.6 Å². The first-order valence-corrected chi connectivity index (χ1v) is 7.56. The van der Waals surface area contributed by atoms with Crippen molar-refractivity contribution in [1.82, 2.24) is 10.2 Å². The third-order valence-corrected chi connectivity index (χ3v) is 4.73. The first-order chi connectivity index (χ1) is 8.28. The molecular weight excluding hydrogens is 236 g/mol. The van der Waals surface area contributed by atoms with Crippen LogP contribution in [-0.2, 0) is 9.53 Å². The predicted octanol–water partition coefficient (Wildman–Crippen LogP) is 0.719. The zero-order valence-electron chi connectivity index (χ0n) is 10.5. The second-order valence-corrected chi connectivity index (χ2v) is 6.00. The van der Waals surface area contributed by atoms with Crippen LogP contribution in [0.5, 0.6) is 0 Å². The molecule has 1 atom stereocenters. The molecule has 2 saturated heterocycles. The summed E-state index contributed by atoms with van der Waals surface area (Å²) in [5.41, 5.74) is 0. The van der Waals surface area contributed by atoms with E-state index in [1.165, 1.54) is 25.0 Å². The fraction of sp³-hybridized carbons (Fsp3) is 0.917. The van der Waals surface area contributed by atoms with Crippen LogP contribution in [0.2, 0.25) is 0 Å². The van der Waals surface area contributed by atoms with Gasteiger partial charge in [-0.15, -0.1) is 0 Å². The number of likely N-dealkylation sites (tertiary alicyclic amines) is 1. The maximum absolute atomic E-state index is 11.2. The second kappa shape index (κ2) is 6.61. The molecule has 0 unspecified atom stereocenters. The Hall–Kier alpha value is -0.260. The van der Waals surface area contributed by atoms with Crippen molar-refractivity contribution in [3.8, 4) is 0 Å². The number of ether oxygens (including phenoxy) is 1. The lowest BCUT2D eigenvalue weighted by Crippen LogP contribution is -2.47. The minimum absolute atomic E-state index is 0.122. The van der Waals surface area contributed by atoms with Crippen LogP contribution in [0.3, 0.4) is 0 Å². The third kappa shape index (κ3) is 4.16. The Kier molecular flexibility index (Phi) is 5.13. The van der Waals surface area contributed by atoms with Crippen LogP contribution < -0.4 is 5.32 Å². The third-order valence-electron chi connectivity index (χ3n) is 3.57. The standard InChI is InChI=1S/C12H22N2O2S/c1-16-12(15)8-14-5-2-10(3-6-14)13-11-4-7-17-9-11/h10-11,13H,2-9H2,1H3/t11-/m0/s1. The fourth-order valence-electron chi connectivity index (χ4n) is 2.50. The summed E-state index contributed by atoms with van der Waals surface area (Å²) < 4.78 is 4.69. The average molecular weight is 258 g/mol. The zero-order valence-corrected chi connectivity index (χ0v) is 11.3. The van der Waals surface area contributed by atoms with E-state index in [-0.39, 0.29) is 5.97 Å². The fourth-order valence-corrected chi connectivity index (χ4v) is 3.67. The van der Waals surface area contributed by atoms with Crippen molar-refractivity contribution in [3.05, 3.63) is 0 Å². The summed E-state index contributed by atoms with van der Waals surface area (Å²) in [7, 11) is 1.45. The minimum atomic E-state index is -0.122. The number of carbonyl (C=O) groups excluding carboxylic acids is 1. The molecule has 2 aliphatic rings. The molecule has 2 rings (SSSR count). The summed E-state index contributed by atoms with van der Waals surface area (Å²) in [5, 5.41) is 3.74. The van der Waals surface area contributed by atoms with Gasteiger partial charge >= 0.3 is 5.97 Å². The van der Waals surface area contributed by atoms with Crippen molar-refractivity contribution < 1.29 is 9.53 Å². The van der Waals surface area contributed by atoms with Crippen molar-refractivity contribution in [2.45, 2.75) is 31.3 Å². The van der Waals surface area contributed by atoms with Crippen molar-refractivity contribution in [2.24, 2.45) is 0 Å². The van der Waals surface area contributed by atoms with E-state index in [0.717, 1.165) is 32.0 Å². The number of nitrogens with zero attached hydrogens (tertiary/aromatic N) is 1. The Morgan fingerprint density at radius 2 is 2.12 bits per heavy atom. The number of piperidine rings is 1. The molecule has 0 aromatic heterocycles. The van der Waals surface area contributed by atoms with E-state index in [4.69, 9.17) is 0 Å². The number of methoxy groups -OCH3 is 1. The molecule has 0 spiro atoms. The largest absolute Gasteiger partial charge is 0.468 e. The highest BCUT2D eigenvalue weighted by Crippen LogP contribution is 2.19. The van der Waals surface area contributed by atoms with Crippen molar-refractivity contribution in [2.75, 3.05) is 38.2 Å². The highest BCUT2D eigenvalue weighted by atomic mass is 32.2. The Morgan fingerprint density at radius 1 is 1.35 bits per heavy atom. The van der Waals surface area contributed by atoms with Gasteiger partial charge in [-0.3, -0.25) is 9.69 Å². The molecule has 0 amide bonds. The molecule has 0 aromatic rings. The summed E-state index contributed by atoms with van der Waals surface area (Å²) in [5.74, 6) is 2.45. The summed E-state index contributed by atoms with van der Waals surface area (Å²) in [6.45, 7) is 2.46. The zero-order chi connectivity index (χ0) is 12.1. The normalized spacial score (nSPS) is 27.2. The van der Waals surface area contributed by atoms with Crippen molar-refractivity contribution >= 4 is 17.7 Å². The lowest BCUT2D eigenvalue weighted by atomic mass is 10.0. The average Bonchev–Trinajstić information content (AvgIpc) is 2.84. The lowest BCUT2D eigenvalue weighted by molar-refractivity contribution is -0.142. The molecule has 0 bridgehead atoms. The van der Waals surface area contributed by atoms with Crippen molar-refractivity contribution in [1.29, 1.82) is 0 Å². The summed E-state index contributed by atoms with van der Waals surface area (Å²) >= 11 is 2.05. The predicted molar refractivity (Wildman–Crippen MR) is 70.3 cm³/mol. The van der Waals surface area contributed by atoms with Gasteiger partial charge in [-0.2, -0.15) is 11.8 Å². The Labute approximate surface area is 107 Å². The first kappa shape index (κ1) is 13.2. The van der Waals surface area contributed by atoms with Crippen LogP contribution in [0.1, 0.15) is 19.3 Å². The van der Waals surface area contributed by atoms with Gasteiger partial charge in [0.05, 0.1) is 13.7 Å². The van der Waals surface area contributed by atoms with Gasteiger partial charge in [0.1, 0.15) is 0 Å². The van der Waals surface area contributed by atoms with Gasteiger partial charge in [-0.25, -0.2) is 0 Å². The maximum atomic E-state index is 11.2. The molecule has 2 aliphatic heterocycles. The number of rotatable bonds is 4. The Balaban J connectivity index is 1.65. The molecule has 4 nitrogen and oxygen atoms in total. The Morgan fingerprint density at radius 3 is 2.71 bits per heavy atom. The second-order valence-electron chi connectivity index (χ2n) is 4.85. The highest BCUT2D eigenvalue weighted by molar-refractivity contribution is 7.99. The number of hydrogen-bond donors (Lipinski definition) is 1. The van der Waals surface area contributed by atoms with Gasteiger partial charge in [0.2, 0.25) is 0 Å².